The lowest BCUT2D eigenvalue weighted by Gasteiger charge is -2.34. The molecule has 2 aromatic rings. The van der Waals surface area contributed by atoms with Gasteiger partial charge in [-0.15, -0.1) is 0 Å². The summed E-state index contributed by atoms with van der Waals surface area (Å²) in [5, 5.41) is 11.3. The Kier molecular flexibility index (Phi) is 6.27. The molecule has 34 heavy (non-hydrogen) atoms. The summed E-state index contributed by atoms with van der Waals surface area (Å²) in [7, 11) is 1.52. The van der Waals surface area contributed by atoms with Crippen LogP contribution in [0.15, 0.2) is 48.0 Å². The number of fused-ring (bicyclic) bond motifs is 2. The number of ether oxygens (including phenoxy) is 1. The number of nitrogens with zero attached hydrogens (tertiary/aromatic N) is 2. The van der Waals surface area contributed by atoms with Crippen molar-refractivity contribution in [3.63, 3.8) is 0 Å². The molecule has 0 saturated carbocycles. The molecular formula is C26H27FN2O5. The highest BCUT2D eigenvalue weighted by molar-refractivity contribution is 6.50. The fourth-order valence-electron chi connectivity index (χ4n) is 4.86. The van der Waals surface area contributed by atoms with Gasteiger partial charge in [-0.3, -0.25) is 14.4 Å². The first kappa shape index (κ1) is 23.6. The van der Waals surface area contributed by atoms with E-state index >= 15 is 0 Å². The number of aliphatic hydroxyl groups is 1. The molecule has 0 radical (unpaired) electrons. The van der Waals surface area contributed by atoms with Crippen molar-refractivity contribution < 1.29 is 28.6 Å². The first-order chi connectivity index (χ1) is 16.3. The molecule has 2 amide bonds. The van der Waals surface area contributed by atoms with Gasteiger partial charge in [0.2, 0.25) is 0 Å². The number of rotatable bonds is 7. The fraction of sp³-hybridized carbons (Fsp3) is 0.346. The number of ketones is 1. The number of halogens is 1. The molecule has 2 heterocycles. The Bertz CT molecular complexity index is 1210. The maximum Gasteiger partial charge on any atom is 0.296 e. The Hall–Kier alpha value is -3.52. The van der Waals surface area contributed by atoms with E-state index in [4.69, 9.17) is 4.74 Å². The van der Waals surface area contributed by atoms with Crippen LogP contribution in [0.1, 0.15) is 36.5 Å². The molecule has 7 nitrogen and oxygen atoms in total. The lowest BCUT2D eigenvalue weighted by Crippen LogP contribution is -2.52. The number of likely N-dealkylation sites (tertiary alicyclic amines) is 1. The van der Waals surface area contributed by atoms with Crippen LogP contribution in [-0.2, 0) is 24.7 Å². The number of hydrogen-bond acceptors (Lipinski definition) is 5. The monoisotopic (exact) mass is 466 g/mol. The van der Waals surface area contributed by atoms with E-state index in [9.17, 15) is 23.9 Å². The van der Waals surface area contributed by atoms with Crippen molar-refractivity contribution in [2.45, 2.75) is 32.2 Å². The number of benzene rings is 2. The van der Waals surface area contributed by atoms with Crippen LogP contribution in [0.4, 0.5) is 10.1 Å². The number of carbonyl (C=O) groups excluding carboxylic acids is 3. The smallest absolute Gasteiger partial charge is 0.296 e. The first-order valence-corrected chi connectivity index (χ1v) is 11.3. The molecule has 1 fully saturated rings. The molecule has 2 aromatic carbocycles. The molecule has 1 saturated heterocycles. The van der Waals surface area contributed by atoms with Crippen LogP contribution in [0.5, 0.6) is 0 Å². The number of aryl methyl sites for hydroxylation is 1. The lowest BCUT2D eigenvalue weighted by atomic mass is 9.81. The van der Waals surface area contributed by atoms with Crippen molar-refractivity contribution in [2.24, 2.45) is 0 Å². The molecule has 2 aliphatic rings. The van der Waals surface area contributed by atoms with Crippen LogP contribution in [0.2, 0.25) is 0 Å². The SMILES string of the molecule is CCCN1C(=O)C2(/C(=C(\O)c3ccc(C)c(F)c3)C(=O)C(=O)N2CCCOC)c2ccccc21. The zero-order chi connectivity index (χ0) is 24.6. The van der Waals surface area contributed by atoms with Crippen molar-refractivity contribution in [1.82, 2.24) is 4.90 Å². The average molecular weight is 467 g/mol. The Labute approximate surface area is 197 Å². The predicted molar refractivity (Wildman–Crippen MR) is 125 cm³/mol. The third-order valence-electron chi connectivity index (χ3n) is 6.43. The van der Waals surface area contributed by atoms with Gasteiger partial charge in [0, 0.05) is 37.9 Å². The standard InChI is InChI=1S/C26H27FN2O5/c1-4-12-28-20-9-6-5-8-18(20)26(25(28)33)21(22(30)17-11-10-16(2)19(27)15-17)23(31)24(32)29(26)13-7-14-34-3/h5-6,8-11,15,30H,4,7,12-14H2,1-3H3/b22-21-. The fourth-order valence-corrected chi connectivity index (χ4v) is 4.86. The van der Waals surface area contributed by atoms with Crippen molar-refractivity contribution in [3.8, 4) is 0 Å². The molecule has 0 bridgehead atoms. The normalized spacial score (nSPS) is 21.1. The van der Waals surface area contributed by atoms with Crippen LogP contribution in [-0.4, -0.2) is 54.4 Å². The minimum absolute atomic E-state index is 0.0246. The Morgan fingerprint density at radius 1 is 1.12 bits per heavy atom. The molecule has 0 aromatic heterocycles. The van der Waals surface area contributed by atoms with E-state index in [-0.39, 0.29) is 17.7 Å². The van der Waals surface area contributed by atoms with E-state index in [1.165, 1.54) is 24.1 Å². The minimum atomic E-state index is -1.83. The zero-order valence-corrected chi connectivity index (χ0v) is 19.4. The minimum Gasteiger partial charge on any atom is -0.507 e. The molecule has 1 N–H and O–H groups in total. The van der Waals surface area contributed by atoms with Crippen molar-refractivity contribution in [2.75, 3.05) is 31.7 Å². The third kappa shape index (κ3) is 3.32. The molecule has 8 heteroatoms. The van der Waals surface area contributed by atoms with E-state index in [1.807, 2.05) is 6.92 Å². The summed E-state index contributed by atoms with van der Waals surface area (Å²) in [5.74, 6) is -3.49. The number of hydrogen-bond donors (Lipinski definition) is 1. The van der Waals surface area contributed by atoms with Gasteiger partial charge in [-0.1, -0.05) is 37.3 Å². The van der Waals surface area contributed by atoms with E-state index in [1.54, 1.807) is 36.1 Å². The van der Waals surface area contributed by atoms with Gasteiger partial charge in [0.05, 0.1) is 11.3 Å². The van der Waals surface area contributed by atoms with Gasteiger partial charge in [0.1, 0.15) is 11.6 Å². The molecule has 1 unspecified atom stereocenters. The quantitative estimate of drug-likeness (QED) is 0.292. The molecule has 0 aliphatic carbocycles. The number of Topliss-reactive ketones (excluding diaryl/α,β-unsaturated/α-hetero) is 1. The number of aliphatic hydroxyl groups excluding tert-OH is 1. The van der Waals surface area contributed by atoms with Gasteiger partial charge in [-0.2, -0.15) is 0 Å². The number of methoxy groups -OCH3 is 1. The van der Waals surface area contributed by atoms with Crippen molar-refractivity contribution in [1.29, 1.82) is 0 Å². The second-order valence-corrected chi connectivity index (χ2v) is 8.50. The highest BCUT2D eigenvalue weighted by Crippen LogP contribution is 2.53. The second-order valence-electron chi connectivity index (χ2n) is 8.50. The van der Waals surface area contributed by atoms with Gasteiger partial charge in [0.25, 0.3) is 17.6 Å². The summed E-state index contributed by atoms with van der Waals surface area (Å²) in [6, 6.07) is 11.0. The maximum atomic E-state index is 14.3. The maximum absolute atomic E-state index is 14.3. The van der Waals surface area contributed by atoms with Crippen molar-refractivity contribution in [3.05, 3.63) is 70.5 Å². The van der Waals surface area contributed by atoms with E-state index in [0.29, 0.717) is 42.8 Å². The van der Waals surface area contributed by atoms with Crippen LogP contribution in [0.25, 0.3) is 5.76 Å². The van der Waals surface area contributed by atoms with Crippen molar-refractivity contribution >= 4 is 29.0 Å². The average Bonchev–Trinajstić information content (AvgIpc) is 3.20. The van der Waals surface area contributed by atoms with Gasteiger partial charge in [-0.05, 0) is 37.5 Å². The van der Waals surface area contributed by atoms with E-state index in [0.717, 1.165) is 6.07 Å². The Morgan fingerprint density at radius 3 is 2.53 bits per heavy atom. The Morgan fingerprint density at radius 2 is 1.85 bits per heavy atom. The van der Waals surface area contributed by atoms with Crippen LogP contribution < -0.4 is 4.90 Å². The number of amides is 2. The molecule has 178 valence electrons. The highest BCUT2D eigenvalue weighted by atomic mass is 19.1. The van der Waals surface area contributed by atoms with Gasteiger partial charge < -0.3 is 19.6 Å². The topological polar surface area (TPSA) is 87.2 Å². The summed E-state index contributed by atoms with van der Waals surface area (Å²) in [6.07, 6.45) is 1.03. The van der Waals surface area contributed by atoms with E-state index < -0.39 is 34.7 Å². The molecular weight excluding hydrogens is 439 g/mol. The predicted octanol–water partition coefficient (Wildman–Crippen LogP) is 3.50. The first-order valence-electron chi connectivity index (χ1n) is 11.3. The summed E-state index contributed by atoms with van der Waals surface area (Å²) < 4.78 is 19.5. The zero-order valence-electron chi connectivity index (χ0n) is 19.4. The second kappa shape index (κ2) is 9.02. The lowest BCUT2D eigenvalue weighted by molar-refractivity contribution is -0.143. The van der Waals surface area contributed by atoms with Crippen LogP contribution in [0.3, 0.4) is 0 Å². The largest absolute Gasteiger partial charge is 0.507 e. The summed E-state index contributed by atoms with van der Waals surface area (Å²) in [4.78, 5) is 43.6. The Balaban J connectivity index is 2.03. The number of carbonyl (C=O) groups is 3. The molecule has 1 spiro atoms. The van der Waals surface area contributed by atoms with Gasteiger partial charge >= 0.3 is 0 Å². The molecule has 4 rings (SSSR count). The highest BCUT2D eigenvalue weighted by Gasteiger charge is 2.66. The number of anilines is 1. The molecule has 1 atom stereocenters. The van der Waals surface area contributed by atoms with Crippen LogP contribution in [0, 0.1) is 12.7 Å². The molecule has 2 aliphatic heterocycles. The summed E-state index contributed by atoms with van der Waals surface area (Å²) >= 11 is 0. The summed E-state index contributed by atoms with van der Waals surface area (Å²) in [6.45, 7) is 4.25. The van der Waals surface area contributed by atoms with Gasteiger partial charge in [0.15, 0.2) is 5.54 Å². The van der Waals surface area contributed by atoms with Gasteiger partial charge in [-0.25, -0.2) is 4.39 Å². The summed E-state index contributed by atoms with van der Waals surface area (Å²) in [5.41, 5.74) is -0.763. The number of para-hydroxylation sites is 1. The van der Waals surface area contributed by atoms with E-state index in [2.05, 4.69) is 0 Å². The van der Waals surface area contributed by atoms with Crippen LogP contribution >= 0.6 is 0 Å². The third-order valence-corrected chi connectivity index (χ3v) is 6.43.